The van der Waals surface area contributed by atoms with E-state index in [1.54, 1.807) is 33.9 Å². The Bertz CT molecular complexity index is 1450. The molecule has 0 fully saturated rings. The minimum atomic E-state index is 0.654. The number of fused-ring (bicyclic) bond motifs is 4. The maximum atomic E-state index is 4.74. The fourth-order valence-electron chi connectivity index (χ4n) is 3.39. The molecule has 2 aromatic carbocycles. The SMILES string of the molecule is c1ccc(Cn2ncc3c2ncn2nc(CSc4nc5ccccc5s4)nc32)cc1. The van der Waals surface area contributed by atoms with Crippen LogP contribution in [0, 0.1) is 0 Å². The zero-order valence-corrected chi connectivity index (χ0v) is 17.3. The molecule has 0 aliphatic carbocycles. The molecule has 6 rings (SSSR count). The normalized spacial score (nSPS) is 11.7. The first-order valence-electron chi connectivity index (χ1n) is 9.41. The van der Waals surface area contributed by atoms with Crippen molar-refractivity contribution in [1.82, 2.24) is 34.3 Å². The Morgan fingerprint density at radius 2 is 1.80 bits per heavy atom. The lowest BCUT2D eigenvalue weighted by atomic mass is 10.2. The second-order valence-corrected chi connectivity index (χ2v) is 9.06. The molecule has 0 unspecified atom stereocenters. The van der Waals surface area contributed by atoms with Crippen LogP contribution in [0.2, 0.25) is 0 Å². The van der Waals surface area contributed by atoms with E-state index in [2.05, 4.69) is 38.4 Å². The largest absolute Gasteiger partial charge is 0.243 e. The van der Waals surface area contributed by atoms with Crippen molar-refractivity contribution < 1.29 is 0 Å². The molecule has 4 heterocycles. The summed E-state index contributed by atoms with van der Waals surface area (Å²) < 4.78 is 5.84. The smallest absolute Gasteiger partial charge is 0.170 e. The summed E-state index contributed by atoms with van der Waals surface area (Å²) in [5.41, 5.74) is 3.80. The van der Waals surface area contributed by atoms with Crippen molar-refractivity contribution in [3.8, 4) is 0 Å². The summed E-state index contributed by atoms with van der Waals surface area (Å²) in [5, 5.41) is 10.0. The summed E-state index contributed by atoms with van der Waals surface area (Å²) >= 11 is 3.35. The first kappa shape index (κ1) is 17.5. The Kier molecular flexibility index (Phi) is 4.21. The van der Waals surface area contributed by atoms with Gasteiger partial charge in [-0.25, -0.2) is 24.1 Å². The average molecular weight is 430 g/mol. The molecule has 4 aromatic heterocycles. The van der Waals surface area contributed by atoms with Crippen molar-refractivity contribution in [2.45, 2.75) is 16.6 Å². The van der Waals surface area contributed by atoms with Gasteiger partial charge in [0.1, 0.15) is 6.33 Å². The maximum Gasteiger partial charge on any atom is 0.170 e. The Morgan fingerprint density at radius 1 is 0.933 bits per heavy atom. The van der Waals surface area contributed by atoms with Gasteiger partial charge in [0.15, 0.2) is 21.5 Å². The summed E-state index contributed by atoms with van der Waals surface area (Å²) in [7, 11) is 0. The van der Waals surface area contributed by atoms with E-state index < -0.39 is 0 Å². The first-order valence-corrected chi connectivity index (χ1v) is 11.2. The zero-order chi connectivity index (χ0) is 19.9. The van der Waals surface area contributed by atoms with Crippen molar-refractivity contribution in [2.75, 3.05) is 0 Å². The van der Waals surface area contributed by atoms with Gasteiger partial charge in [-0.3, -0.25) is 0 Å². The van der Waals surface area contributed by atoms with Crippen LogP contribution in [-0.4, -0.2) is 34.3 Å². The topological polar surface area (TPSA) is 73.8 Å². The van der Waals surface area contributed by atoms with Crippen molar-refractivity contribution in [2.24, 2.45) is 0 Å². The maximum absolute atomic E-state index is 4.74. The summed E-state index contributed by atoms with van der Waals surface area (Å²) in [6, 6.07) is 18.4. The molecule has 0 saturated heterocycles. The fraction of sp³-hybridized carbons (Fsp3) is 0.0952. The highest BCUT2D eigenvalue weighted by atomic mass is 32.2. The number of rotatable bonds is 5. The van der Waals surface area contributed by atoms with E-state index in [0.29, 0.717) is 12.3 Å². The zero-order valence-electron chi connectivity index (χ0n) is 15.7. The minimum absolute atomic E-state index is 0.654. The lowest BCUT2D eigenvalue weighted by Crippen LogP contribution is -2.03. The van der Waals surface area contributed by atoms with Gasteiger partial charge < -0.3 is 0 Å². The van der Waals surface area contributed by atoms with Crippen LogP contribution in [0.1, 0.15) is 11.4 Å². The summed E-state index contributed by atoms with van der Waals surface area (Å²) in [4.78, 5) is 14.0. The van der Waals surface area contributed by atoms with Crippen molar-refractivity contribution in [1.29, 1.82) is 0 Å². The van der Waals surface area contributed by atoms with Gasteiger partial charge >= 0.3 is 0 Å². The Labute approximate surface area is 179 Å². The van der Waals surface area contributed by atoms with Crippen LogP contribution in [0.25, 0.3) is 26.9 Å². The van der Waals surface area contributed by atoms with Crippen molar-refractivity contribution in [3.05, 3.63) is 78.5 Å². The van der Waals surface area contributed by atoms with Crippen molar-refractivity contribution in [3.63, 3.8) is 0 Å². The average Bonchev–Trinajstić information content (AvgIpc) is 3.48. The van der Waals surface area contributed by atoms with Crippen LogP contribution >= 0.6 is 23.1 Å². The van der Waals surface area contributed by atoms with Crippen LogP contribution in [0.4, 0.5) is 0 Å². The second kappa shape index (κ2) is 7.19. The quantitative estimate of drug-likeness (QED) is 0.378. The molecule has 9 heteroatoms. The molecule has 7 nitrogen and oxygen atoms in total. The Morgan fingerprint density at radius 3 is 2.70 bits per heavy atom. The number of benzene rings is 2. The molecule has 0 radical (unpaired) electrons. The number of thioether (sulfide) groups is 1. The van der Waals surface area contributed by atoms with Crippen LogP contribution in [-0.2, 0) is 12.3 Å². The second-order valence-electron chi connectivity index (χ2n) is 6.80. The van der Waals surface area contributed by atoms with E-state index in [9.17, 15) is 0 Å². The third kappa shape index (κ3) is 3.12. The summed E-state index contributed by atoms with van der Waals surface area (Å²) in [5.74, 6) is 1.41. The van der Waals surface area contributed by atoms with E-state index >= 15 is 0 Å². The van der Waals surface area contributed by atoms with E-state index in [4.69, 9.17) is 4.98 Å². The van der Waals surface area contributed by atoms with E-state index in [0.717, 1.165) is 32.4 Å². The number of thiazole rings is 1. The molecule has 0 bridgehead atoms. The predicted octanol–water partition coefficient (Wildman–Crippen LogP) is 4.42. The van der Waals surface area contributed by atoms with Crippen LogP contribution in [0.3, 0.4) is 0 Å². The molecule has 0 N–H and O–H groups in total. The van der Waals surface area contributed by atoms with Crippen LogP contribution in [0.5, 0.6) is 0 Å². The minimum Gasteiger partial charge on any atom is -0.243 e. The summed E-state index contributed by atoms with van der Waals surface area (Å²) in [6.07, 6.45) is 3.53. The molecule has 0 aliphatic heterocycles. The molecule has 0 spiro atoms. The molecule has 0 atom stereocenters. The number of para-hydroxylation sites is 1. The third-order valence-electron chi connectivity index (χ3n) is 4.79. The van der Waals surface area contributed by atoms with Gasteiger partial charge in [0.25, 0.3) is 0 Å². The monoisotopic (exact) mass is 429 g/mol. The standard InChI is InChI=1S/C21H15N7S2/c1-2-6-14(7-3-1)11-27-19-15(10-23-27)20-25-18(26-28(20)13-22-19)12-29-21-24-16-8-4-5-9-17(16)30-21/h1-10,13H,11-12H2. The van der Waals surface area contributed by atoms with E-state index in [-0.39, 0.29) is 0 Å². The lowest BCUT2D eigenvalue weighted by molar-refractivity contribution is 0.702. The molecule has 0 aliphatic rings. The third-order valence-corrected chi connectivity index (χ3v) is 6.97. The van der Waals surface area contributed by atoms with Gasteiger partial charge in [-0.2, -0.15) is 5.10 Å². The predicted molar refractivity (Wildman–Crippen MR) is 119 cm³/mol. The molecular formula is C21H15N7S2. The Hall–Kier alpha value is -3.30. The molecule has 0 saturated carbocycles. The van der Waals surface area contributed by atoms with Crippen LogP contribution < -0.4 is 0 Å². The number of nitrogens with zero attached hydrogens (tertiary/aromatic N) is 7. The van der Waals surface area contributed by atoms with Gasteiger partial charge in [-0.1, -0.05) is 54.2 Å². The number of aromatic nitrogens is 7. The van der Waals surface area contributed by atoms with Gasteiger partial charge in [-0.15, -0.1) is 16.4 Å². The highest BCUT2D eigenvalue weighted by Gasteiger charge is 2.14. The Balaban J connectivity index is 1.29. The molecule has 146 valence electrons. The molecular weight excluding hydrogens is 414 g/mol. The summed E-state index contributed by atoms with van der Waals surface area (Å²) in [6.45, 7) is 0.669. The molecule has 0 amide bonds. The van der Waals surface area contributed by atoms with Crippen molar-refractivity contribution >= 4 is 50.0 Å². The lowest BCUT2D eigenvalue weighted by Gasteiger charge is -2.02. The van der Waals surface area contributed by atoms with E-state index in [1.807, 2.05) is 47.3 Å². The molecule has 6 aromatic rings. The highest BCUT2D eigenvalue weighted by molar-refractivity contribution is 8.00. The fourth-order valence-corrected chi connectivity index (χ4v) is 5.30. The number of hydrogen-bond donors (Lipinski definition) is 0. The first-order chi connectivity index (χ1) is 14.8. The van der Waals surface area contributed by atoms with Gasteiger partial charge in [0.2, 0.25) is 0 Å². The molecule has 30 heavy (non-hydrogen) atoms. The highest BCUT2D eigenvalue weighted by Crippen LogP contribution is 2.31. The van der Waals surface area contributed by atoms with Gasteiger partial charge in [0, 0.05) is 0 Å². The van der Waals surface area contributed by atoms with E-state index in [1.165, 1.54) is 10.3 Å². The van der Waals surface area contributed by atoms with Crippen LogP contribution in [0.15, 0.2) is 71.5 Å². The van der Waals surface area contributed by atoms with Gasteiger partial charge in [0.05, 0.1) is 34.1 Å². The van der Waals surface area contributed by atoms with Gasteiger partial charge in [-0.05, 0) is 17.7 Å². The number of hydrogen-bond acceptors (Lipinski definition) is 7.